The highest BCUT2D eigenvalue weighted by Gasteiger charge is 2.41. The van der Waals surface area contributed by atoms with Gasteiger partial charge in [0.25, 0.3) is 5.91 Å². The predicted molar refractivity (Wildman–Crippen MR) is 84.4 cm³/mol. The van der Waals surface area contributed by atoms with Gasteiger partial charge in [0.2, 0.25) is 10.0 Å². The molecule has 0 saturated heterocycles. The molecular weight excluding hydrogens is 356 g/mol. The van der Waals surface area contributed by atoms with Crippen molar-refractivity contribution in [2.24, 2.45) is 10.6 Å². The van der Waals surface area contributed by atoms with Gasteiger partial charge < -0.3 is 5.32 Å². The van der Waals surface area contributed by atoms with Gasteiger partial charge in [-0.3, -0.25) is 4.79 Å². The molecule has 0 aromatic heterocycles. The lowest BCUT2D eigenvalue weighted by atomic mass is 10.0. The number of primary sulfonamides is 1. The van der Waals surface area contributed by atoms with E-state index in [0.29, 0.717) is 16.6 Å². The quantitative estimate of drug-likeness (QED) is 0.800. The van der Waals surface area contributed by atoms with Crippen molar-refractivity contribution >= 4 is 31.9 Å². The van der Waals surface area contributed by atoms with Crippen LogP contribution in [0.2, 0.25) is 0 Å². The van der Waals surface area contributed by atoms with Crippen molar-refractivity contribution in [3.8, 4) is 0 Å². The van der Waals surface area contributed by atoms with E-state index in [9.17, 15) is 13.2 Å². The fourth-order valence-corrected chi connectivity index (χ4v) is 3.68. The Kier molecular flexibility index (Phi) is 4.75. The molecule has 21 heavy (non-hydrogen) atoms. The molecule has 1 amide bonds. The van der Waals surface area contributed by atoms with Crippen molar-refractivity contribution in [3.63, 3.8) is 0 Å². The molecule has 1 aromatic rings. The topological polar surface area (TPSA) is 89.3 Å². The molecule has 0 spiro atoms. The normalized spacial score (nSPS) is 16.5. The second-order valence-electron chi connectivity index (χ2n) is 5.65. The van der Waals surface area contributed by atoms with Crippen LogP contribution in [-0.4, -0.2) is 20.9 Å². The summed E-state index contributed by atoms with van der Waals surface area (Å²) in [5, 5.41) is 8.00. The first-order valence-corrected chi connectivity index (χ1v) is 9.21. The summed E-state index contributed by atoms with van der Waals surface area (Å²) in [4.78, 5) is 12.1. The molecule has 116 valence electrons. The Morgan fingerprint density at radius 1 is 1.38 bits per heavy atom. The highest BCUT2D eigenvalue weighted by atomic mass is 79.9. The SMILES string of the molecule is CCCC1(CNC(=O)c2cc(Br)cc(S(N)(=O)=O)c2)CC1. The van der Waals surface area contributed by atoms with Crippen molar-refractivity contribution < 1.29 is 13.2 Å². The summed E-state index contributed by atoms with van der Waals surface area (Å²) in [6, 6.07) is 4.27. The molecular formula is C14H19BrN2O3S. The molecule has 0 atom stereocenters. The lowest BCUT2D eigenvalue weighted by Crippen LogP contribution is -2.30. The van der Waals surface area contributed by atoms with Gasteiger partial charge in [-0.15, -0.1) is 0 Å². The van der Waals surface area contributed by atoms with Crippen molar-refractivity contribution in [1.29, 1.82) is 0 Å². The molecule has 1 aliphatic carbocycles. The van der Waals surface area contributed by atoms with Gasteiger partial charge in [0, 0.05) is 16.6 Å². The summed E-state index contributed by atoms with van der Waals surface area (Å²) in [7, 11) is -3.83. The number of carbonyl (C=O) groups excluding carboxylic acids is 1. The van der Waals surface area contributed by atoms with E-state index >= 15 is 0 Å². The maximum Gasteiger partial charge on any atom is 0.251 e. The molecule has 1 aromatic carbocycles. The molecule has 1 saturated carbocycles. The third kappa shape index (κ3) is 4.28. The molecule has 5 nitrogen and oxygen atoms in total. The average molecular weight is 375 g/mol. The molecule has 2 rings (SSSR count). The summed E-state index contributed by atoms with van der Waals surface area (Å²) in [5.41, 5.74) is 0.542. The zero-order chi connectivity index (χ0) is 15.7. The lowest BCUT2D eigenvalue weighted by molar-refractivity contribution is 0.0943. The van der Waals surface area contributed by atoms with Crippen LogP contribution in [0.15, 0.2) is 27.6 Å². The number of hydrogen-bond acceptors (Lipinski definition) is 3. The maximum absolute atomic E-state index is 12.2. The minimum Gasteiger partial charge on any atom is -0.351 e. The second-order valence-corrected chi connectivity index (χ2v) is 8.13. The molecule has 0 unspecified atom stereocenters. The molecule has 0 bridgehead atoms. The minimum absolute atomic E-state index is 0.0725. The van der Waals surface area contributed by atoms with E-state index in [1.165, 1.54) is 12.1 Å². The van der Waals surface area contributed by atoms with Crippen LogP contribution in [0.25, 0.3) is 0 Å². The van der Waals surface area contributed by atoms with Crippen LogP contribution in [-0.2, 0) is 10.0 Å². The van der Waals surface area contributed by atoms with E-state index in [1.807, 2.05) is 0 Å². The fourth-order valence-electron chi connectivity index (χ4n) is 2.45. The number of amides is 1. The summed E-state index contributed by atoms with van der Waals surface area (Å²) in [6.07, 6.45) is 4.49. The standard InChI is InChI=1S/C14H19BrN2O3S/c1-2-3-14(4-5-14)9-17-13(18)10-6-11(15)8-12(7-10)21(16,19)20/h6-8H,2-5,9H2,1H3,(H,17,18)(H2,16,19,20). The van der Waals surface area contributed by atoms with Crippen LogP contribution in [0.3, 0.4) is 0 Å². The maximum atomic E-state index is 12.2. The van der Waals surface area contributed by atoms with Crippen LogP contribution in [0.4, 0.5) is 0 Å². The smallest absolute Gasteiger partial charge is 0.251 e. The van der Waals surface area contributed by atoms with Gasteiger partial charge in [-0.2, -0.15) is 0 Å². The fraction of sp³-hybridized carbons (Fsp3) is 0.500. The van der Waals surface area contributed by atoms with E-state index in [0.717, 1.165) is 25.7 Å². The van der Waals surface area contributed by atoms with Crippen LogP contribution in [0.5, 0.6) is 0 Å². The number of hydrogen-bond donors (Lipinski definition) is 2. The van der Waals surface area contributed by atoms with Crippen LogP contribution in [0.1, 0.15) is 43.0 Å². The van der Waals surface area contributed by atoms with Gasteiger partial charge in [0.05, 0.1) is 4.90 Å². The summed E-state index contributed by atoms with van der Waals surface area (Å²) in [5.74, 6) is -0.274. The number of rotatable bonds is 6. The first kappa shape index (κ1) is 16.5. The highest BCUT2D eigenvalue weighted by Crippen LogP contribution is 2.48. The molecule has 0 heterocycles. The van der Waals surface area contributed by atoms with Gasteiger partial charge in [-0.05, 0) is 42.9 Å². The van der Waals surface area contributed by atoms with E-state index < -0.39 is 10.0 Å². The monoisotopic (exact) mass is 374 g/mol. The van der Waals surface area contributed by atoms with Crippen molar-refractivity contribution in [1.82, 2.24) is 5.32 Å². The second kappa shape index (κ2) is 6.06. The Labute approximate surface area is 133 Å². The summed E-state index contributed by atoms with van der Waals surface area (Å²) < 4.78 is 23.3. The predicted octanol–water partition coefficient (Wildman–Crippen LogP) is 2.41. The summed E-state index contributed by atoms with van der Waals surface area (Å²) in [6.45, 7) is 2.77. The number of carbonyl (C=O) groups is 1. The molecule has 0 radical (unpaired) electrons. The molecule has 7 heteroatoms. The molecule has 1 fully saturated rings. The van der Waals surface area contributed by atoms with Crippen LogP contribution >= 0.6 is 15.9 Å². The number of benzene rings is 1. The van der Waals surface area contributed by atoms with E-state index in [1.54, 1.807) is 6.07 Å². The van der Waals surface area contributed by atoms with Crippen LogP contribution < -0.4 is 10.5 Å². The van der Waals surface area contributed by atoms with E-state index in [2.05, 4.69) is 28.2 Å². The number of nitrogens with two attached hydrogens (primary N) is 1. The Hall–Kier alpha value is -0.920. The molecule has 1 aliphatic rings. The first-order valence-electron chi connectivity index (χ1n) is 6.87. The number of sulfonamides is 1. The number of nitrogens with one attached hydrogen (secondary N) is 1. The first-order chi connectivity index (χ1) is 9.76. The summed E-state index contributed by atoms with van der Waals surface area (Å²) >= 11 is 3.20. The lowest BCUT2D eigenvalue weighted by Gasteiger charge is -2.15. The Balaban J connectivity index is 2.11. The Morgan fingerprint density at radius 3 is 2.57 bits per heavy atom. The number of halogens is 1. The van der Waals surface area contributed by atoms with Crippen molar-refractivity contribution in [3.05, 3.63) is 28.2 Å². The van der Waals surface area contributed by atoms with Crippen molar-refractivity contribution in [2.45, 2.75) is 37.5 Å². The molecule has 3 N–H and O–H groups in total. The molecule has 0 aliphatic heterocycles. The van der Waals surface area contributed by atoms with Gasteiger partial charge >= 0.3 is 0 Å². The van der Waals surface area contributed by atoms with Crippen molar-refractivity contribution in [2.75, 3.05) is 6.54 Å². The third-order valence-electron chi connectivity index (χ3n) is 3.82. The average Bonchev–Trinajstić information content (AvgIpc) is 3.15. The van der Waals surface area contributed by atoms with Gasteiger partial charge in [-0.25, -0.2) is 13.6 Å². The Morgan fingerprint density at radius 2 is 2.05 bits per heavy atom. The largest absolute Gasteiger partial charge is 0.351 e. The van der Waals surface area contributed by atoms with E-state index in [4.69, 9.17) is 5.14 Å². The van der Waals surface area contributed by atoms with E-state index in [-0.39, 0.29) is 16.2 Å². The van der Waals surface area contributed by atoms with Gasteiger partial charge in [0.1, 0.15) is 0 Å². The van der Waals surface area contributed by atoms with Crippen LogP contribution in [0, 0.1) is 5.41 Å². The van der Waals surface area contributed by atoms with Gasteiger partial charge in [0.15, 0.2) is 0 Å². The Bertz CT molecular complexity index is 654. The third-order valence-corrected chi connectivity index (χ3v) is 5.17. The minimum atomic E-state index is -3.83. The zero-order valence-corrected chi connectivity index (χ0v) is 14.3. The van der Waals surface area contributed by atoms with Gasteiger partial charge in [-0.1, -0.05) is 29.3 Å². The highest BCUT2D eigenvalue weighted by molar-refractivity contribution is 9.10. The zero-order valence-electron chi connectivity index (χ0n) is 11.9.